The molecule has 2 aromatic rings. The molecule has 2 aromatic carbocycles. The molecule has 0 unspecified atom stereocenters. The van der Waals surface area contributed by atoms with Crippen molar-refractivity contribution in [2.75, 3.05) is 84.3 Å². The summed E-state index contributed by atoms with van der Waals surface area (Å²) in [5.74, 6) is 0.393. The summed E-state index contributed by atoms with van der Waals surface area (Å²) < 4.78 is 54.5. The molecular weight excluding hydrogens is 740 g/mol. The van der Waals surface area contributed by atoms with Crippen LogP contribution in [0.15, 0.2) is 48.6 Å². The molecule has 4 heterocycles. The van der Waals surface area contributed by atoms with E-state index in [0.29, 0.717) is 61.7 Å². The first kappa shape index (κ1) is 40.5. The van der Waals surface area contributed by atoms with E-state index >= 15 is 0 Å². The Morgan fingerprint density at radius 1 is 0.964 bits per heavy atom. The van der Waals surface area contributed by atoms with E-state index in [1.54, 1.807) is 13.0 Å². The van der Waals surface area contributed by atoms with Crippen LogP contribution >= 0.6 is 11.6 Å². The van der Waals surface area contributed by atoms with Gasteiger partial charge in [-0.1, -0.05) is 36.7 Å². The first-order chi connectivity index (χ1) is 26.5. The first-order valence-electron chi connectivity index (χ1n) is 20.2. The van der Waals surface area contributed by atoms with Gasteiger partial charge >= 0.3 is 0 Å². The Bertz CT molecular complexity index is 1780. The number of rotatable bonds is 4. The van der Waals surface area contributed by atoms with Crippen LogP contribution in [0.2, 0.25) is 5.02 Å². The lowest BCUT2D eigenvalue weighted by Gasteiger charge is -2.52. The maximum Gasteiger partial charge on any atom is 0.264 e. The molecule has 13 heteroatoms. The van der Waals surface area contributed by atoms with Gasteiger partial charge in [0, 0.05) is 63.5 Å². The number of hydrogen-bond donors (Lipinski definition) is 1. The first-order valence-corrected chi connectivity index (χ1v) is 22.2. The number of anilines is 1. The van der Waals surface area contributed by atoms with Gasteiger partial charge in [-0.25, -0.2) is 13.1 Å². The van der Waals surface area contributed by atoms with Gasteiger partial charge in [-0.3, -0.25) is 14.6 Å². The van der Waals surface area contributed by atoms with Gasteiger partial charge < -0.3 is 23.8 Å². The highest BCUT2D eigenvalue weighted by Crippen LogP contribution is 2.47. The van der Waals surface area contributed by atoms with Crippen LogP contribution in [0.1, 0.15) is 67.4 Å². The molecule has 2 bridgehead atoms. The van der Waals surface area contributed by atoms with E-state index in [1.165, 1.54) is 5.56 Å². The molecule has 1 aliphatic carbocycles. The van der Waals surface area contributed by atoms with E-state index in [1.807, 2.05) is 44.4 Å². The maximum absolute atomic E-state index is 13.6. The van der Waals surface area contributed by atoms with E-state index in [-0.39, 0.29) is 17.9 Å². The average Bonchev–Trinajstić information content (AvgIpc) is 3.47. The number of piperazine rings is 1. The van der Waals surface area contributed by atoms with Crippen LogP contribution in [0, 0.1) is 17.8 Å². The van der Waals surface area contributed by atoms with Gasteiger partial charge in [0.25, 0.3) is 5.91 Å². The van der Waals surface area contributed by atoms with E-state index in [2.05, 4.69) is 31.6 Å². The number of benzene rings is 2. The van der Waals surface area contributed by atoms with Gasteiger partial charge in [-0.05, 0) is 105 Å². The van der Waals surface area contributed by atoms with Crippen LogP contribution in [0.25, 0.3) is 0 Å². The second kappa shape index (κ2) is 17.8. The molecule has 1 amide bonds. The molecule has 11 nitrogen and oxygen atoms in total. The van der Waals surface area contributed by atoms with Gasteiger partial charge in [0.15, 0.2) is 0 Å². The van der Waals surface area contributed by atoms with Crippen molar-refractivity contribution in [3.8, 4) is 5.75 Å². The molecular formula is C42H59ClN4O7S. The minimum Gasteiger partial charge on any atom is -0.487 e. The number of amides is 1. The van der Waals surface area contributed by atoms with Gasteiger partial charge in [0.05, 0.1) is 43.4 Å². The maximum atomic E-state index is 13.6. The highest BCUT2D eigenvalue weighted by Gasteiger charge is 2.48. The number of carbonyl (C=O) groups excluding carboxylic acids is 1. The van der Waals surface area contributed by atoms with Crippen LogP contribution in [-0.2, 0) is 37.3 Å². The van der Waals surface area contributed by atoms with Crippen LogP contribution < -0.4 is 14.4 Å². The fraction of sp³-hybridized carbons (Fsp3) is 0.643. The number of fused-ring (bicyclic) bond motifs is 3. The monoisotopic (exact) mass is 798 g/mol. The molecule has 5 aliphatic rings. The molecule has 1 saturated carbocycles. The molecule has 0 aromatic heterocycles. The molecule has 0 radical (unpaired) electrons. The fourth-order valence-electron chi connectivity index (χ4n) is 9.08. The molecule has 5 atom stereocenters. The molecule has 55 heavy (non-hydrogen) atoms. The lowest BCUT2D eigenvalue weighted by molar-refractivity contribution is -0.0973. The number of nitrogens with one attached hydrogen (secondary N) is 1. The Balaban J connectivity index is 1.20. The fourth-order valence-corrected chi connectivity index (χ4v) is 10.6. The van der Waals surface area contributed by atoms with Crippen molar-refractivity contribution >= 4 is 33.2 Å². The van der Waals surface area contributed by atoms with Crippen molar-refractivity contribution < 1.29 is 32.2 Å². The molecule has 1 N–H and O–H groups in total. The predicted molar refractivity (Wildman–Crippen MR) is 216 cm³/mol. The molecule has 302 valence electrons. The minimum absolute atomic E-state index is 0.233. The largest absolute Gasteiger partial charge is 0.487 e. The summed E-state index contributed by atoms with van der Waals surface area (Å²) in [7, 11) is -2.13. The molecule has 0 spiro atoms. The number of aryl methyl sites for hydroxylation is 1. The van der Waals surface area contributed by atoms with Gasteiger partial charge in [0.2, 0.25) is 10.0 Å². The Hall–Kier alpha value is -2.71. The topological polar surface area (TPSA) is 110 Å². The van der Waals surface area contributed by atoms with Crippen molar-refractivity contribution in [1.29, 1.82) is 0 Å². The number of halogens is 1. The smallest absolute Gasteiger partial charge is 0.264 e. The van der Waals surface area contributed by atoms with E-state index in [9.17, 15) is 13.2 Å². The summed E-state index contributed by atoms with van der Waals surface area (Å²) in [6.07, 6.45) is 9.82. The predicted octanol–water partition coefficient (Wildman–Crippen LogP) is 5.55. The third kappa shape index (κ3) is 9.37. The van der Waals surface area contributed by atoms with E-state index in [0.717, 1.165) is 89.2 Å². The Morgan fingerprint density at radius 2 is 1.75 bits per heavy atom. The Morgan fingerprint density at radius 3 is 2.47 bits per heavy atom. The van der Waals surface area contributed by atoms with Crippen molar-refractivity contribution in [1.82, 2.24) is 14.5 Å². The quantitative estimate of drug-likeness (QED) is 0.396. The minimum atomic E-state index is -3.97. The molecule has 2 saturated heterocycles. The van der Waals surface area contributed by atoms with E-state index in [4.69, 9.17) is 30.5 Å². The number of carbonyl (C=O) groups is 1. The van der Waals surface area contributed by atoms with Crippen LogP contribution in [0.4, 0.5) is 5.69 Å². The summed E-state index contributed by atoms with van der Waals surface area (Å²) >= 11 is 6.42. The zero-order valence-corrected chi connectivity index (χ0v) is 34.3. The van der Waals surface area contributed by atoms with Gasteiger partial charge in [0.1, 0.15) is 18.0 Å². The zero-order chi connectivity index (χ0) is 38.6. The van der Waals surface area contributed by atoms with Crippen molar-refractivity contribution in [3.63, 3.8) is 0 Å². The Kier molecular flexibility index (Phi) is 13.1. The highest BCUT2D eigenvalue weighted by atomic mass is 35.5. The van der Waals surface area contributed by atoms with E-state index < -0.39 is 26.8 Å². The number of allylic oxidation sites excluding steroid dienone is 1. The van der Waals surface area contributed by atoms with Gasteiger partial charge in [-0.2, -0.15) is 0 Å². The van der Waals surface area contributed by atoms with Crippen LogP contribution in [0.3, 0.4) is 0 Å². The molecule has 7 rings (SSSR count). The third-order valence-corrected chi connectivity index (χ3v) is 15.1. The Labute approximate surface area is 332 Å². The highest BCUT2D eigenvalue weighted by molar-refractivity contribution is 7.90. The summed E-state index contributed by atoms with van der Waals surface area (Å²) in [5, 5.41) is -0.0764. The zero-order valence-electron chi connectivity index (χ0n) is 32.7. The second-order valence-electron chi connectivity index (χ2n) is 16.3. The summed E-state index contributed by atoms with van der Waals surface area (Å²) in [6.45, 7) is 12.7. The number of hydrogen-bond acceptors (Lipinski definition) is 10. The average molecular weight is 799 g/mol. The van der Waals surface area contributed by atoms with Crippen molar-refractivity contribution in [2.45, 2.75) is 75.9 Å². The molecule has 4 aliphatic heterocycles. The number of sulfonamides is 1. The summed E-state index contributed by atoms with van der Waals surface area (Å²) in [6, 6.07) is 11.6. The normalized spacial score (nSPS) is 31.0. The lowest BCUT2D eigenvalue weighted by atomic mass is 9.63. The summed E-state index contributed by atoms with van der Waals surface area (Å²) in [4.78, 5) is 21.1. The SMILES string of the molecule is CO[C@]1(CN2CCN(C3COCCOC3)CC2)/C=C/C[C@H](C)[C@@H](C)S(=O)(=O)NC(=O)c2ccc3c(c2)N(CCCCc2cc(Cl)ccc2CO3)C[C@@H]2CC[C@H]21. The number of ether oxygens (including phenoxy) is 4. The number of nitrogens with zero attached hydrogens (tertiary/aromatic N) is 3. The standard InChI is InChI=1S/C42H59ClN4O7S/c1-30-7-6-15-42(51-3,29-45-17-19-46(20-18-45)37-27-52-21-22-53-28-37)38-13-10-34(38)25-47-16-5-4-8-32-23-36(43)12-9-35(32)26-54-40-14-11-33(24-39(40)47)41(48)44-55(49,50)31(30)2/h6,9,11-12,14-15,23-24,30-31,34,37-38H,4-5,7-8,10,13,16-22,25-29H2,1-3H3,(H,44,48)/b15-6+/t30-,31+,34-,38+,42-/m0/s1. The third-order valence-electron chi connectivity index (χ3n) is 12.9. The van der Waals surface area contributed by atoms with Gasteiger partial charge in [-0.15, -0.1) is 0 Å². The summed E-state index contributed by atoms with van der Waals surface area (Å²) in [5.41, 5.74) is 2.82. The number of methoxy groups -OCH3 is 1. The second-order valence-corrected chi connectivity index (χ2v) is 18.8. The van der Waals surface area contributed by atoms with Crippen LogP contribution in [0.5, 0.6) is 5.75 Å². The van der Waals surface area contributed by atoms with Crippen molar-refractivity contribution in [2.24, 2.45) is 17.8 Å². The van der Waals surface area contributed by atoms with Crippen LogP contribution in [-0.4, -0.2) is 120 Å². The molecule has 3 fully saturated rings. The lowest BCUT2D eigenvalue weighted by Crippen LogP contribution is -2.59. The van der Waals surface area contributed by atoms with Crippen molar-refractivity contribution in [3.05, 3.63) is 70.3 Å².